The largest absolute Gasteiger partial charge is 0.496 e. The van der Waals surface area contributed by atoms with Gasteiger partial charge in [0.05, 0.1) is 13.2 Å². The minimum Gasteiger partial charge on any atom is -0.496 e. The van der Waals surface area contributed by atoms with Gasteiger partial charge in [-0.1, -0.05) is 46.3 Å². The Balaban J connectivity index is 2.79. The normalized spacial score (nSPS) is 12.1. The molecule has 0 saturated carbocycles. The van der Waals surface area contributed by atoms with Gasteiger partial charge >= 0.3 is 0 Å². The molecule has 0 fully saturated rings. The van der Waals surface area contributed by atoms with Crippen molar-refractivity contribution >= 4 is 26.7 Å². The van der Waals surface area contributed by atoms with Crippen molar-refractivity contribution in [3.8, 4) is 11.8 Å². The molecule has 80 valence electrons. The van der Waals surface area contributed by atoms with E-state index in [9.17, 15) is 0 Å². The summed E-state index contributed by atoms with van der Waals surface area (Å²) in [6.45, 7) is 0. The Labute approximate surface area is 103 Å². The van der Waals surface area contributed by atoms with E-state index in [1.165, 1.54) is 0 Å². The van der Waals surface area contributed by atoms with Gasteiger partial charge in [-0.15, -0.1) is 0 Å². The van der Waals surface area contributed by atoms with Gasteiger partial charge in [0, 0.05) is 5.56 Å². The van der Waals surface area contributed by atoms with E-state index in [0.717, 1.165) is 22.1 Å². The summed E-state index contributed by atoms with van der Waals surface area (Å²) in [5.74, 6) is 0.738. The van der Waals surface area contributed by atoms with Crippen molar-refractivity contribution in [1.82, 2.24) is 0 Å². The number of fused-ring (bicyclic) bond motifs is 1. The zero-order valence-electron chi connectivity index (χ0n) is 8.77. The Morgan fingerprint density at radius 1 is 1.25 bits per heavy atom. The minimum atomic E-state index is -0.353. The van der Waals surface area contributed by atoms with Crippen LogP contribution in [-0.2, 0) is 0 Å². The number of nitrogens with zero attached hydrogens (tertiary/aromatic N) is 1. The highest BCUT2D eigenvalue weighted by atomic mass is 79.9. The summed E-state index contributed by atoms with van der Waals surface area (Å²) >= 11 is 3.36. The van der Waals surface area contributed by atoms with Crippen molar-refractivity contribution in [3.63, 3.8) is 0 Å². The molecule has 2 rings (SSSR count). The lowest BCUT2D eigenvalue weighted by Crippen LogP contribution is -1.94. The number of alkyl halides is 1. The van der Waals surface area contributed by atoms with E-state index < -0.39 is 0 Å². The maximum absolute atomic E-state index is 9.02. The third-order valence-electron chi connectivity index (χ3n) is 2.52. The molecule has 0 aliphatic rings. The third-order valence-corrected chi connectivity index (χ3v) is 3.18. The van der Waals surface area contributed by atoms with E-state index in [1.807, 2.05) is 36.4 Å². The number of halogens is 1. The maximum Gasteiger partial charge on any atom is 0.130 e. The Hall–Kier alpha value is -1.53. The molecule has 0 aliphatic heterocycles. The molecule has 0 spiro atoms. The number of methoxy groups -OCH3 is 1. The van der Waals surface area contributed by atoms with Crippen molar-refractivity contribution in [2.75, 3.05) is 7.11 Å². The van der Waals surface area contributed by atoms with Crippen molar-refractivity contribution in [2.24, 2.45) is 0 Å². The molecule has 3 heteroatoms. The average molecular weight is 276 g/mol. The van der Waals surface area contributed by atoms with Gasteiger partial charge in [-0.25, -0.2) is 0 Å². The van der Waals surface area contributed by atoms with Crippen LogP contribution in [0.4, 0.5) is 0 Å². The van der Waals surface area contributed by atoms with Crippen molar-refractivity contribution in [1.29, 1.82) is 5.26 Å². The van der Waals surface area contributed by atoms with Crippen LogP contribution in [0.1, 0.15) is 10.4 Å². The Kier molecular flexibility index (Phi) is 3.12. The summed E-state index contributed by atoms with van der Waals surface area (Å²) in [5, 5.41) is 11.2. The van der Waals surface area contributed by atoms with Crippen LogP contribution in [0.5, 0.6) is 5.75 Å². The van der Waals surface area contributed by atoms with E-state index in [2.05, 4.69) is 22.0 Å². The number of hydrogen-bond donors (Lipinski definition) is 0. The van der Waals surface area contributed by atoms with Gasteiger partial charge in [-0.3, -0.25) is 0 Å². The van der Waals surface area contributed by atoms with Crippen LogP contribution in [0.2, 0.25) is 0 Å². The number of nitriles is 1. The van der Waals surface area contributed by atoms with Crippen molar-refractivity contribution < 1.29 is 4.74 Å². The topological polar surface area (TPSA) is 33.0 Å². The van der Waals surface area contributed by atoms with E-state index in [1.54, 1.807) is 7.11 Å². The van der Waals surface area contributed by atoms with Crippen LogP contribution in [-0.4, -0.2) is 7.11 Å². The second-order valence-electron chi connectivity index (χ2n) is 3.39. The molecule has 0 aliphatic carbocycles. The summed E-state index contributed by atoms with van der Waals surface area (Å²) in [4.78, 5) is -0.353. The minimum absolute atomic E-state index is 0.353. The van der Waals surface area contributed by atoms with Gasteiger partial charge in [0.2, 0.25) is 0 Å². The van der Waals surface area contributed by atoms with Crippen molar-refractivity contribution in [2.45, 2.75) is 4.83 Å². The molecule has 1 unspecified atom stereocenters. The Morgan fingerprint density at radius 3 is 2.69 bits per heavy atom. The van der Waals surface area contributed by atoms with Crippen LogP contribution >= 0.6 is 15.9 Å². The van der Waals surface area contributed by atoms with Crippen molar-refractivity contribution in [3.05, 3.63) is 42.0 Å². The van der Waals surface area contributed by atoms with Gasteiger partial charge < -0.3 is 4.74 Å². The highest BCUT2D eigenvalue weighted by molar-refractivity contribution is 9.09. The molecule has 0 amide bonds. The summed E-state index contributed by atoms with van der Waals surface area (Å²) in [7, 11) is 1.62. The molecule has 0 saturated heterocycles. The quantitative estimate of drug-likeness (QED) is 0.781. The zero-order valence-corrected chi connectivity index (χ0v) is 10.4. The summed E-state index contributed by atoms with van der Waals surface area (Å²) in [6, 6.07) is 14.0. The van der Waals surface area contributed by atoms with Crippen LogP contribution in [0, 0.1) is 11.3 Å². The van der Waals surface area contributed by atoms with Crippen LogP contribution in [0.25, 0.3) is 10.8 Å². The second kappa shape index (κ2) is 4.54. The van der Waals surface area contributed by atoms with Gasteiger partial charge in [0.1, 0.15) is 10.6 Å². The first-order valence-electron chi connectivity index (χ1n) is 4.87. The lowest BCUT2D eigenvalue weighted by atomic mass is 10.0. The molecular formula is C13H10BrNO. The average Bonchev–Trinajstić information content (AvgIpc) is 2.36. The fraction of sp³-hybridized carbons (Fsp3) is 0.154. The maximum atomic E-state index is 9.02. The standard InChI is InChI=1S/C13H10BrNO/c1-16-12-7-6-9-4-2-3-5-10(9)13(12)11(14)8-15/h2-7,11H,1H3. The number of hydrogen-bond acceptors (Lipinski definition) is 2. The second-order valence-corrected chi connectivity index (χ2v) is 4.31. The lowest BCUT2D eigenvalue weighted by Gasteiger charge is -2.12. The van der Waals surface area contributed by atoms with Crippen LogP contribution in [0.15, 0.2) is 36.4 Å². The molecule has 0 radical (unpaired) electrons. The Bertz CT molecular complexity index is 559. The number of rotatable bonds is 2. The van der Waals surface area contributed by atoms with E-state index >= 15 is 0 Å². The predicted molar refractivity (Wildman–Crippen MR) is 67.8 cm³/mol. The summed E-state index contributed by atoms with van der Waals surface area (Å²) in [6.07, 6.45) is 0. The molecule has 2 aromatic rings. The first kappa shape index (κ1) is 11.0. The zero-order chi connectivity index (χ0) is 11.5. The number of benzene rings is 2. The van der Waals surface area contributed by atoms with Gasteiger partial charge in [-0.05, 0) is 16.8 Å². The van der Waals surface area contributed by atoms with E-state index in [4.69, 9.17) is 10.00 Å². The van der Waals surface area contributed by atoms with Crippen LogP contribution < -0.4 is 4.74 Å². The molecular weight excluding hydrogens is 266 g/mol. The van der Waals surface area contributed by atoms with Gasteiger partial charge in [0.15, 0.2) is 0 Å². The third kappa shape index (κ3) is 1.77. The first-order chi connectivity index (χ1) is 7.77. The fourth-order valence-electron chi connectivity index (χ4n) is 1.78. The number of ether oxygens (including phenoxy) is 1. The predicted octanol–water partition coefficient (Wildman–Crippen LogP) is 3.81. The molecule has 2 nitrogen and oxygen atoms in total. The molecule has 0 heterocycles. The van der Waals surface area contributed by atoms with Gasteiger partial charge in [0.25, 0.3) is 0 Å². The molecule has 0 bridgehead atoms. The highest BCUT2D eigenvalue weighted by Gasteiger charge is 2.15. The van der Waals surface area contributed by atoms with E-state index in [0.29, 0.717) is 0 Å². The molecule has 1 atom stereocenters. The molecule has 0 N–H and O–H groups in total. The summed E-state index contributed by atoms with van der Waals surface area (Å²) < 4.78 is 5.30. The van der Waals surface area contributed by atoms with Gasteiger partial charge in [-0.2, -0.15) is 5.26 Å². The van der Waals surface area contributed by atoms with Crippen LogP contribution in [0.3, 0.4) is 0 Å². The van der Waals surface area contributed by atoms with E-state index in [-0.39, 0.29) is 4.83 Å². The Morgan fingerprint density at radius 2 is 2.00 bits per heavy atom. The molecule has 16 heavy (non-hydrogen) atoms. The summed E-state index contributed by atoms with van der Waals surface area (Å²) in [5.41, 5.74) is 0.892. The first-order valence-corrected chi connectivity index (χ1v) is 5.79. The lowest BCUT2D eigenvalue weighted by molar-refractivity contribution is 0.411. The molecule has 2 aromatic carbocycles. The monoisotopic (exact) mass is 275 g/mol. The highest BCUT2D eigenvalue weighted by Crippen LogP contribution is 2.36. The smallest absolute Gasteiger partial charge is 0.130 e. The SMILES string of the molecule is COc1ccc2ccccc2c1C(Br)C#N. The fourth-order valence-corrected chi connectivity index (χ4v) is 2.25. The molecule has 0 aromatic heterocycles.